The summed E-state index contributed by atoms with van der Waals surface area (Å²) in [6, 6.07) is 5.69. The summed E-state index contributed by atoms with van der Waals surface area (Å²) in [5.41, 5.74) is 2.03. The maximum atomic E-state index is 12.3. The number of hydrogen-bond acceptors (Lipinski definition) is 5. The van der Waals surface area contributed by atoms with Crippen molar-refractivity contribution in [3.63, 3.8) is 0 Å². The molecular weight excluding hydrogens is 360 g/mol. The van der Waals surface area contributed by atoms with Gasteiger partial charge in [-0.15, -0.1) is 0 Å². The first-order chi connectivity index (χ1) is 11.1. The zero-order valence-corrected chi connectivity index (χ0v) is 14.3. The lowest BCUT2D eigenvalue weighted by molar-refractivity contribution is 0.102. The molecule has 0 aliphatic carbocycles. The van der Waals surface area contributed by atoms with Crippen LogP contribution in [0, 0.1) is 6.92 Å². The van der Waals surface area contributed by atoms with E-state index in [0.717, 1.165) is 34.6 Å². The molecule has 1 aromatic heterocycles. The van der Waals surface area contributed by atoms with Crippen molar-refractivity contribution in [1.82, 2.24) is 9.97 Å². The molecule has 6 nitrogen and oxygen atoms in total. The quantitative estimate of drug-likeness (QED) is 0.891. The Morgan fingerprint density at radius 2 is 2.04 bits per heavy atom. The summed E-state index contributed by atoms with van der Waals surface area (Å²) in [6.45, 7) is 4.89. The molecule has 120 valence electrons. The Kier molecular flexibility index (Phi) is 4.88. The second-order valence-corrected chi connectivity index (χ2v) is 6.19. The Morgan fingerprint density at radius 1 is 1.26 bits per heavy atom. The highest BCUT2D eigenvalue weighted by molar-refractivity contribution is 9.10. The van der Waals surface area contributed by atoms with Crippen LogP contribution >= 0.6 is 15.9 Å². The van der Waals surface area contributed by atoms with Crippen LogP contribution in [-0.4, -0.2) is 42.2 Å². The van der Waals surface area contributed by atoms with Gasteiger partial charge in [-0.25, -0.2) is 9.97 Å². The number of carbonyl (C=O) groups excluding carboxylic acids is 1. The summed E-state index contributed by atoms with van der Waals surface area (Å²) in [7, 11) is 0. The lowest BCUT2D eigenvalue weighted by atomic mass is 10.2. The summed E-state index contributed by atoms with van der Waals surface area (Å²) in [4.78, 5) is 22.9. The zero-order valence-electron chi connectivity index (χ0n) is 12.8. The van der Waals surface area contributed by atoms with Crippen LogP contribution < -0.4 is 10.2 Å². The van der Waals surface area contributed by atoms with Crippen LogP contribution in [0.4, 0.5) is 11.5 Å². The van der Waals surface area contributed by atoms with Gasteiger partial charge in [-0.1, -0.05) is 15.9 Å². The first kappa shape index (κ1) is 15.9. The Morgan fingerprint density at radius 3 is 2.70 bits per heavy atom. The molecule has 0 radical (unpaired) electrons. The molecule has 0 bridgehead atoms. The minimum Gasteiger partial charge on any atom is -0.378 e. The molecule has 7 heteroatoms. The Labute approximate surface area is 143 Å². The summed E-state index contributed by atoms with van der Waals surface area (Å²) in [5.74, 6) is 0.501. The molecule has 1 saturated heterocycles. The molecule has 1 fully saturated rings. The largest absolute Gasteiger partial charge is 0.378 e. The van der Waals surface area contributed by atoms with Crippen LogP contribution in [-0.2, 0) is 4.74 Å². The molecule has 2 aromatic rings. The molecule has 3 rings (SSSR count). The van der Waals surface area contributed by atoms with Crippen molar-refractivity contribution in [2.45, 2.75) is 6.92 Å². The average Bonchev–Trinajstić information content (AvgIpc) is 2.58. The van der Waals surface area contributed by atoms with E-state index in [1.54, 1.807) is 6.20 Å². The highest BCUT2D eigenvalue weighted by Gasteiger charge is 2.15. The van der Waals surface area contributed by atoms with Gasteiger partial charge in [-0.05, 0) is 30.7 Å². The second kappa shape index (κ2) is 7.06. The van der Waals surface area contributed by atoms with Crippen molar-refractivity contribution in [2.24, 2.45) is 0 Å². The molecule has 0 spiro atoms. The highest BCUT2D eigenvalue weighted by atomic mass is 79.9. The van der Waals surface area contributed by atoms with E-state index in [4.69, 9.17) is 4.74 Å². The van der Waals surface area contributed by atoms with Gasteiger partial charge in [0, 0.05) is 23.2 Å². The topological polar surface area (TPSA) is 67.4 Å². The summed E-state index contributed by atoms with van der Waals surface area (Å²) in [6.07, 6.45) is 3.14. The Balaban J connectivity index is 1.69. The molecule has 1 N–H and O–H groups in total. The number of aryl methyl sites for hydroxylation is 1. The first-order valence-electron chi connectivity index (χ1n) is 7.36. The molecule has 23 heavy (non-hydrogen) atoms. The van der Waals surface area contributed by atoms with Crippen molar-refractivity contribution in [1.29, 1.82) is 0 Å². The van der Waals surface area contributed by atoms with Crippen molar-refractivity contribution in [2.75, 3.05) is 36.5 Å². The maximum absolute atomic E-state index is 12.3. The van der Waals surface area contributed by atoms with Crippen LogP contribution in [0.1, 0.15) is 16.1 Å². The van der Waals surface area contributed by atoms with Gasteiger partial charge < -0.3 is 15.0 Å². The Hall–Kier alpha value is -1.99. The van der Waals surface area contributed by atoms with Gasteiger partial charge in [0.15, 0.2) is 0 Å². The van der Waals surface area contributed by atoms with Crippen LogP contribution in [0.25, 0.3) is 0 Å². The van der Waals surface area contributed by atoms with E-state index < -0.39 is 0 Å². The third-order valence-corrected chi connectivity index (χ3v) is 4.14. The van der Waals surface area contributed by atoms with Gasteiger partial charge >= 0.3 is 0 Å². The number of morpholine rings is 1. The molecule has 0 atom stereocenters. The number of hydrogen-bond donors (Lipinski definition) is 1. The summed E-state index contributed by atoms with van der Waals surface area (Å²) in [5, 5.41) is 2.86. The van der Waals surface area contributed by atoms with Crippen molar-refractivity contribution >= 4 is 33.3 Å². The highest BCUT2D eigenvalue weighted by Crippen LogP contribution is 2.20. The maximum Gasteiger partial charge on any atom is 0.275 e. The van der Waals surface area contributed by atoms with Crippen LogP contribution in [0.15, 0.2) is 35.1 Å². The van der Waals surface area contributed by atoms with E-state index in [9.17, 15) is 4.79 Å². The fourth-order valence-corrected chi connectivity index (χ4v) is 2.82. The number of amides is 1. The fourth-order valence-electron chi connectivity index (χ4n) is 2.35. The SMILES string of the molecule is Cc1cc(Br)ccc1NC(=O)c1cnc(N2CCOCC2)cn1. The van der Waals surface area contributed by atoms with Crippen molar-refractivity contribution in [3.05, 3.63) is 46.3 Å². The van der Waals surface area contributed by atoms with Gasteiger partial charge in [0.2, 0.25) is 0 Å². The number of anilines is 2. The second-order valence-electron chi connectivity index (χ2n) is 5.27. The van der Waals surface area contributed by atoms with E-state index in [-0.39, 0.29) is 5.91 Å². The lowest BCUT2D eigenvalue weighted by Gasteiger charge is -2.27. The lowest BCUT2D eigenvalue weighted by Crippen LogP contribution is -2.36. The molecule has 1 aromatic carbocycles. The smallest absolute Gasteiger partial charge is 0.275 e. The minimum atomic E-state index is -0.267. The summed E-state index contributed by atoms with van der Waals surface area (Å²) >= 11 is 3.40. The van der Waals surface area contributed by atoms with E-state index in [0.29, 0.717) is 18.9 Å². The van der Waals surface area contributed by atoms with Crippen LogP contribution in [0.5, 0.6) is 0 Å². The van der Waals surface area contributed by atoms with Crippen molar-refractivity contribution in [3.8, 4) is 0 Å². The van der Waals surface area contributed by atoms with E-state index in [1.165, 1.54) is 6.20 Å². The zero-order chi connectivity index (χ0) is 16.2. The molecular formula is C16H17BrN4O2. The number of rotatable bonds is 3. The standard InChI is InChI=1S/C16H17BrN4O2/c1-11-8-12(17)2-3-13(11)20-16(22)14-9-19-15(10-18-14)21-4-6-23-7-5-21/h2-3,8-10H,4-7H2,1H3,(H,20,22). The van der Waals surface area contributed by atoms with Crippen molar-refractivity contribution < 1.29 is 9.53 Å². The molecule has 1 aliphatic heterocycles. The van der Waals surface area contributed by atoms with Crippen LogP contribution in [0.2, 0.25) is 0 Å². The minimum absolute atomic E-state index is 0.267. The molecule has 0 saturated carbocycles. The number of carbonyl (C=O) groups is 1. The predicted molar refractivity (Wildman–Crippen MR) is 91.9 cm³/mol. The third kappa shape index (κ3) is 3.86. The van der Waals surface area contributed by atoms with Gasteiger partial charge in [0.1, 0.15) is 11.5 Å². The number of benzene rings is 1. The van der Waals surface area contributed by atoms with Gasteiger partial charge in [0.05, 0.1) is 25.6 Å². The summed E-state index contributed by atoms with van der Waals surface area (Å²) < 4.78 is 6.29. The fraction of sp³-hybridized carbons (Fsp3) is 0.312. The normalized spacial score (nSPS) is 14.6. The van der Waals surface area contributed by atoms with Crippen LogP contribution in [0.3, 0.4) is 0 Å². The number of nitrogens with one attached hydrogen (secondary N) is 1. The third-order valence-electron chi connectivity index (χ3n) is 3.64. The average molecular weight is 377 g/mol. The number of halogens is 1. The van der Waals surface area contributed by atoms with Gasteiger partial charge in [0.25, 0.3) is 5.91 Å². The number of aromatic nitrogens is 2. The number of nitrogens with zero attached hydrogens (tertiary/aromatic N) is 3. The first-order valence-corrected chi connectivity index (χ1v) is 8.15. The van der Waals surface area contributed by atoms with Gasteiger partial charge in [-0.2, -0.15) is 0 Å². The van der Waals surface area contributed by atoms with Gasteiger partial charge in [-0.3, -0.25) is 4.79 Å². The van der Waals surface area contributed by atoms with E-state index in [1.807, 2.05) is 25.1 Å². The monoisotopic (exact) mass is 376 g/mol. The van der Waals surface area contributed by atoms with E-state index in [2.05, 4.69) is 36.1 Å². The molecule has 2 heterocycles. The molecule has 0 unspecified atom stereocenters. The Bertz CT molecular complexity index is 700. The molecule has 1 amide bonds. The number of ether oxygens (including phenoxy) is 1. The van der Waals surface area contributed by atoms with E-state index >= 15 is 0 Å². The molecule has 1 aliphatic rings. The predicted octanol–water partition coefficient (Wildman–Crippen LogP) is 2.64.